The van der Waals surface area contributed by atoms with Crippen LogP contribution >= 0.6 is 11.6 Å². The van der Waals surface area contributed by atoms with Gasteiger partial charge in [-0.1, -0.05) is 29.8 Å². The second-order valence-electron chi connectivity index (χ2n) is 9.04. The molecule has 8 heteroatoms. The zero-order valence-electron chi connectivity index (χ0n) is 21.2. The third-order valence-corrected chi connectivity index (χ3v) is 6.70. The van der Waals surface area contributed by atoms with E-state index in [0.717, 1.165) is 5.56 Å². The Bertz CT molecular complexity index is 1310. The van der Waals surface area contributed by atoms with Crippen LogP contribution in [0.2, 0.25) is 5.02 Å². The molecular weight excluding hydrogens is 490 g/mol. The second kappa shape index (κ2) is 11.6. The molecule has 0 aromatic heterocycles. The topological polar surface area (TPSA) is 79.0 Å². The summed E-state index contributed by atoms with van der Waals surface area (Å²) in [7, 11) is 3.40. The molecule has 1 N–H and O–H groups in total. The molecule has 0 saturated carbocycles. The fraction of sp³-hybridized carbons (Fsp3) is 0.276. The number of aryl methyl sites for hydroxylation is 1. The Labute approximate surface area is 222 Å². The molecule has 0 bridgehead atoms. The molecule has 1 unspecified atom stereocenters. The first-order valence-corrected chi connectivity index (χ1v) is 12.6. The summed E-state index contributed by atoms with van der Waals surface area (Å²) >= 11 is 6.29. The number of benzene rings is 3. The minimum atomic E-state index is -0.492. The first kappa shape index (κ1) is 26.4. The number of carbonyl (C=O) groups excluding carboxylic acids is 3. The number of anilines is 2. The first-order valence-electron chi connectivity index (χ1n) is 12.2. The molecule has 1 aliphatic heterocycles. The molecule has 192 valence electrons. The van der Waals surface area contributed by atoms with E-state index in [1.54, 1.807) is 66.4 Å². The Hall–Kier alpha value is -3.68. The summed E-state index contributed by atoms with van der Waals surface area (Å²) in [4.78, 5) is 42.2. The molecular formula is C29H30ClN3O4. The van der Waals surface area contributed by atoms with Gasteiger partial charge in [0.15, 0.2) is 0 Å². The van der Waals surface area contributed by atoms with Crippen LogP contribution in [0.1, 0.15) is 50.8 Å². The minimum Gasteiger partial charge on any atom is -0.456 e. The Kier molecular flexibility index (Phi) is 8.26. The molecule has 3 aromatic rings. The van der Waals surface area contributed by atoms with Gasteiger partial charge in [-0.05, 0) is 80.9 Å². The quantitative estimate of drug-likeness (QED) is 0.454. The first-order chi connectivity index (χ1) is 17.8. The van der Waals surface area contributed by atoms with Crippen LogP contribution in [0.5, 0.6) is 0 Å². The second-order valence-corrected chi connectivity index (χ2v) is 9.48. The summed E-state index contributed by atoms with van der Waals surface area (Å²) in [5.41, 5.74) is 3.97. The predicted molar refractivity (Wildman–Crippen MR) is 145 cm³/mol. The average Bonchev–Trinajstić information content (AvgIpc) is 3.07. The monoisotopic (exact) mass is 519 g/mol. The maximum absolute atomic E-state index is 13.8. The number of fused-ring (bicyclic) bond motifs is 1. The Morgan fingerprint density at radius 1 is 1.08 bits per heavy atom. The van der Waals surface area contributed by atoms with Crippen LogP contribution in [0.3, 0.4) is 0 Å². The Balaban J connectivity index is 1.61. The largest absolute Gasteiger partial charge is 0.456 e. The zero-order valence-corrected chi connectivity index (χ0v) is 21.9. The summed E-state index contributed by atoms with van der Waals surface area (Å²) in [6, 6.07) is 19.7. The van der Waals surface area contributed by atoms with E-state index >= 15 is 0 Å². The van der Waals surface area contributed by atoms with Gasteiger partial charge in [0, 0.05) is 41.0 Å². The molecule has 4 rings (SSSR count). The number of amides is 2. The number of hydrogen-bond acceptors (Lipinski definition) is 5. The SMILES string of the molecule is CNCC(=O)OC1CCCN(C(=O)c2ccc(N(C)C(=O)c3ccccc3)cc2C)c2ccc(Cl)cc21. The molecule has 2 amide bonds. The number of esters is 1. The summed E-state index contributed by atoms with van der Waals surface area (Å²) in [6.45, 7) is 2.43. The molecule has 1 atom stereocenters. The van der Waals surface area contributed by atoms with E-state index < -0.39 is 6.10 Å². The molecule has 0 radical (unpaired) electrons. The highest BCUT2D eigenvalue weighted by Crippen LogP contribution is 2.38. The van der Waals surface area contributed by atoms with Crippen LogP contribution < -0.4 is 15.1 Å². The van der Waals surface area contributed by atoms with Crippen LogP contribution in [0, 0.1) is 6.92 Å². The highest BCUT2D eigenvalue weighted by atomic mass is 35.5. The van der Waals surface area contributed by atoms with Crippen LogP contribution in [-0.2, 0) is 9.53 Å². The van der Waals surface area contributed by atoms with Crippen LogP contribution in [0.15, 0.2) is 66.7 Å². The van der Waals surface area contributed by atoms with Gasteiger partial charge in [-0.15, -0.1) is 0 Å². The van der Waals surface area contributed by atoms with E-state index in [4.69, 9.17) is 16.3 Å². The van der Waals surface area contributed by atoms with Crippen molar-refractivity contribution in [3.63, 3.8) is 0 Å². The fourth-order valence-electron chi connectivity index (χ4n) is 4.55. The molecule has 0 aliphatic carbocycles. The lowest BCUT2D eigenvalue weighted by Gasteiger charge is -2.25. The number of ether oxygens (including phenoxy) is 1. The van der Waals surface area contributed by atoms with Gasteiger partial charge in [0.2, 0.25) is 0 Å². The normalized spacial score (nSPS) is 14.9. The summed E-state index contributed by atoms with van der Waals surface area (Å²) in [6.07, 6.45) is 0.742. The van der Waals surface area contributed by atoms with Gasteiger partial charge < -0.3 is 19.9 Å². The number of halogens is 1. The van der Waals surface area contributed by atoms with Gasteiger partial charge >= 0.3 is 5.97 Å². The van der Waals surface area contributed by atoms with Crippen molar-refractivity contribution in [2.75, 3.05) is 37.0 Å². The molecule has 0 saturated heterocycles. The molecule has 1 heterocycles. The molecule has 0 fully saturated rings. The van der Waals surface area contributed by atoms with Crippen molar-refractivity contribution < 1.29 is 19.1 Å². The van der Waals surface area contributed by atoms with E-state index in [2.05, 4.69) is 5.32 Å². The lowest BCUT2D eigenvalue weighted by molar-refractivity contribution is -0.148. The number of hydrogen-bond donors (Lipinski definition) is 1. The Morgan fingerprint density at radius 2 is 1.84 bits per heavy atom. The van der Waals surface area contributed by atoms with E-state index in [-0.39, 0.29) is 24.3 Å². The number of nitrogens with one attached hydrogen (secondary N) is 1. The molecule has 3 aromatic carbocycles. The third-order valence-electron chi connectivity index (χ3n) is 6.47. The zero-order chi connectivity index (χ0) is 26.5. The predicted octanol–water partition coefficient (Wildman–Crippen LogP) is 5.17. The number of likely N-dealkylation sites (N-methyl/N-ethyl adjacent to an activating group) is 1. The van der Waals surface area contributed by atoms with Gasteiger partial charge in [0.05, 0.1) is 12.2 Å². The summed E-state index contributed by atoms with van der Waals surface area (Å²) < 4.78 is 5.72. The lowest BCUT2D eigenvalue weighted by atomic mass is 10.0. The molecule has 0 spiro atoms. The number of nitrogens with zero attached hydrogens (tertiary/aromatic N) is 2. The number of carbonyl (C=O) groups is 3. The third kappa shape index (κ3) is 5.84. The maximum atomic E-state index is 13.8. The summed E-state index contributed by atoms with van der Waals surface area (Å²) in [5, 5.41) is 3.31. The van der Waals surface area contributed by atoms with Gasteiger partial charge in [0.25, 0.3) is 11.8 Å². The van der Waals surface area contributed by atoms with Crippen LogP contribution in [0.4, 0.5) is 11.4 Å². The van der Waals surface area contributed by atoms with Gasteiger partial charge in [-0.3, -0.25) is 14.4 Å². The van der Waals surface area contributed by atoms with Crippen LogP contribution in [0.25, 0.3) is 0 Å². The van der Waals surface area contributed by atoms with E-state index in [9.17, 15) is 14.4 Å². The van der Waals surface area contributed by atoms with E-state index in [1.165, 1.54) is 0 Å². The highest BCUT2D eigenvalue weighted by molar-refractivity contribution is 6.30. The molecule has 37 heavy (non-hydrogen) atoms. The van der Waals surface area contributed by atoms with Crippen molar-refractivity contribution in [3.05, 3.63) is 94.0 Å². The standard InChI is InChI=1S/C29H30ClN3O4/c1-19-16-22(32(3)28(35)20-8-5-4-6-9-20)12-13-23(19)29(36)33-15-7-10-26(37-27(34)18-31-2)24-17-21(30)11-14-25(24)33/h4-6,8-9,11-14,16-17,26,31H,7,10,15,18H2,1-3H3. The molecule has 1 aliphatic rings. The van der Waals surface area contributed by atoms with Crippen molar-refractivity contribution in [3.8, 4) is 0 Å². The van der Waals surface area contributed by atoms with Crippen molar-refractivity contribution in [2.45, 2.75) is 25.9 Å². The fourth-order valence-corrected chi connectivity index (χ4v) is 4.73. The molecule has 7 nitrogen and oxygen atoms in total. The minimum absolute atomic E-state index is 0.0990. The van der Waals surface area contributed by atoms with Crippen molar-refractivity contribution in [1.82, 2.24) is 5.32 Å². The Morgan fingerprint density at radius 3 is 2.54 bits per heavy atom. The maximum Gasteiger partial charge on any atom is 0.320 e. The number of rotatable bonds is 6. The lowest BCUT2D eigenvalue weighted by Crippen LogP contribution is -2.32. The highest BCUT2D eigenvalue weighted by Gasteiger charge is 2.30. The summed E-state index contributed by atoms with van der Waals surface area (Å²) in [5.74, 6) is -0.651. The van der Waals surface area contributed by atoms with Gasteiger partial charge in [-0.25, -0.2) is 0 Å². The van der Waals surface area contributed by atoms with Gasteiger partial charge in [0.1, 0.15) is 6.10 Å². The van der Waals surface area contributed by atoms with E-state index in [0.29, 0.717) is 52.5 Å². The van der Waals surface area contributed by atoms with Crippen molar-refractivity contribution >= 4 is 40.8 Å². The smallest absolute Gasteiger partial charge is 0.320 e. The van der Waals surface area contributed by atoms with Crippen molar-refractivity contribution in [1.29, 1.82) is 0 Å². The van der Waals surface area contributed by atoms with Gasteiger partial charge in [-0.2, -0.15) is 0 Å². The van der Waals surface area contributed by atoms with E-state index in [1.807, 2.05) is 31.2 Å². The van der Waals surface area contributed by atoms with Crippen molar-refractivity contribution in [2.24, 2.45) is 0 Å². The van der Waals surface area contributed by atoms with Crippen LogP contribution in [-0.4, -0.2) is 45.0 Å². The average molecular weight is 520 g/mol.